The van der Waals surface area contributed by atoms with E-state index in [1.54, 1.807) is 0 Å². The highest BCUT2D eigenvalue weighted by Gasteiger charge is 2.32. The Morgan fingerprint density at radius 3 is 2.00 bits per heavy atom. The minimum absolute atomic E-state index is 0.0773. The van der Waals surface area contributed by atoms with E-state index in [2.05, 4.69) is 11.9 Å². The number of esters is 1. The monoisotopic (exact) mass is 471 g/mol. The smallest absolute Gasteiger partial charge is 0.407 e. The van der Waals surface area contributed by atoms with Crippen molar-refractivity contribution in [3.8, 4) is 11.1 Å². The summed E-state index contributed by atoms with van der Waals surface area (Å²) in [4.78, 5) is 23.5. The first-order valence-electron chi connectivity index (χ1n) is 10.8. The van der Waals surface area contributed by atoms with Gasteiger partial charge in [0.1, 0.15) is 31.5 Å². The summed E-state index contributed by atoms with van der Waals surface area (Å²) in [6, 6.07) is 15.8. The summed E-state index contributed by atoms with van der Waals surface area (Å²) in [5.74, 6) is -0.897. The number of carbonyl (C=O) groups excluding carboxylic acids is 2. The zero-order valence-corrected chi connectivity index (χ0v) is 18.8. The topological polar surface area (TPSA) is 146 Å². The highest BCUT2D eigenvalue weighted by atomic mass is 16.6. The third-order valence-corrected chi connectivity index (χ3v) is 5.67. The first-order chi connectivity index (χ1) is 16.2. The predicted molar refractivity (Wildman–Crippen MR) is 123 cm³/mol. The summed E-state index contributed by atoms with van der Waals surface area (Å²) < 4.78 is 10.1. The molecule has 0 aromatic heterocycles. The van der Waals surface area contributed by atoms with Crippen molar-refractivity contribution >= 4 is 12.1 Å². The van der Waals surface area contributed by atoms with E-state index in [1.807, 2.05) is 48.5 Å². The molecule has 0 bridgehead atoms. The number of hydrogen-bond acceptors (Lipinski definition) is 8. The Kier molecular flexibility index (Phi) is 8.41. The van der Waals surface area contributed by atoms with Gasteiger partial charge in [-0.05, 0) is 29.2 Å². The molecule has 1 aliphatic rings. The van der Waals surface area contributed by atoms with Gasteiger partial charge in [-0.1, -0.05) is 55.1 Å². The van der Waals surface area contributed by atoms with Crippen molar-refractivity contribution in [2.45, 2.75) is 37.3 Å². The van der Waals surface area contributed by atoms with Crippen LogP contribution in [0.2, 0.25) is 0 Å². The maximum Gasteiger partial charge on any atom is 0.407 e. The molecule has 4 unspecified atom stereocenters. The van der Waals surface area contributed by atoms with Crippen molar-refractivity contribution in [1.82, 2.24) is 5.32 Å². The minimum Gasteiger partial charge on any atom is -0.459 e. The summed E-state index contributed by atoms with van der Waals surface area (Å²) in [5, 5.41) is 42.3. The van der Waals surface area contributed by atoms with Crippen LogP contribution in [0.3, 0.4) is 0 Å². The Hall–Kier alpha value is -3.24. The molecule has 0 saturated heterocycles. The largest absolute Gasteiger partial charge is 0.459 e. The molecule has 1 amide bonds. The highest BCUT2D eigenvalue weighted by molar-refractivity contribution is 5.86. The predicted octanol–water partition coefficient (Wildman–Crippen LogP) is 1.09. The van der Waals surface area contributed by atoms with Crippen LogP contribution in [0.25, 0.3) is 11.1 Å². The summed E-state index contributed by atoms with van der Waals surface area (Å²) in [5.41, 5.74) is 4.39. The zero-order chi connectivity index (χ0) is 24.8. The van der Waals surface area contributed by atoms with E-state index in [0.717, 1.165) is 22.3 Å². The molecule has 0 saturated carbocycles. The Bertz CT molecular complexity index is 994. The summed E-state index contributed by atoms with van der Waals surface area (Å²) in [7, 11) is 0. The van der Waals surface area contributed by atoms with Crippen LogP contribution >= 0.6 is 0 Å². The lowest BCUT2D eigenvalue weighted by atomic mass is 9.98. The number of alkyl carbamates (subject to hydrolysis) is 1. The average Bonchev–Trinajstić information content (AvgIpc) is 3.16. The van der Waals surface area contributed by atoms with Crippen LogP contribution in [0.5, 0.6) is 0 Å². The normalized spacial score (nSPS) is 15.9. The van der Waals surface area contributed by atoms with E-state index in [1.165, 1.54) is 6.92 Å². The van der Waals surface area contributed by atoms with Gasteiger partial charge in [0.05, 0.1) is 6.10 Å². The van der Waals surface area contributed by atoms with Crippen molar-refractivity contribution in [3.05, 3.63) is 71.8 Å². The fraction of sp³-hybridized carbons (Fsp3) is 0.360. The van der Waals surface area contributed by atoms with Gasteiger partial charge in [0.15, 0.2) is 0 Å². The number of rotatable bonds is 10. The number of fused-ring (bicyclic) bond motifs is 3. The zero-order valence-electron chi connectivity index (χ0n) is 18.8. The average molecular weight is 472 g/mol. The fourth-order valence-electron chi connectivity index (χ4n) is 3.80. The van der Waals surface area contributed by atoms with Crippen LogP contribution in [0.1, 0.15) is 24.0 Å². The Morgan fingerprint density at radius 2 is 1.44 bits per heavy atom. The number of aliphatic hydroxyl groups is 4. The molecule has 34 heavy (non-hydrogen) atoms. The van der Waals surface area contributed by atoms with E-state index in [9.17, 15) is 30.0 Å². The molecule has 2 aromatic carbocycles. The third kappa shape index (κ3) is 5.81. The number of aliphatic hydroxyl groups excluding tert-OH is 4. The van der Waals surface area contributed by atoms with E-state index in [4.69, 9.17) is 9.47 Å². The number of carbonyl (C=O) groups is 2. The molecule has 9 heteroatoms. The molecule has 0 radical (unpaired) electrons. The van der Waals surface area contributed by atoms with Crippen LogP contribution in [0.15, 0.2) is 60.7 Å². The van der Waals surface area contributed by atoms with Crippen LogP contribution in [0.4, 0.5) is 4.79 Å². The van der Waals surface area contributed by atoms with Gasteiger partial charge >= 0.3 is 12.1 Å². The fourth-order valence-corrected chi connectivity index (χ4v) is 3.80. The molecule has 2 aromatic rings. The molecule has 4 atom stereocenters. The van der Waals surface area contributed by atoms with Crippen molar-refractivity contribution in [1.29, 1.82) is 0 Å². The number of nitrogens with one attached hydrogen (secondary N) is 1. The molecule has 0 aliphatic heterocycles. The summed E-state index contributed by atoms with van der Waals surface area (Å²) in [6.07, 6.45) is -7.70. The summed E-state index contributed by atoms with van der Waals surface area (Å²) in [6.45, 7) is 3.84. The first kappa shape index (κ1) is 25.4. The van der Waals surface area contributed by atoms with Gasteiger partial charge in [0.2, 0.25) is 0 Å². The van der Waals surface area contributed by atoms with Crippen LogP contribution in [-0.4, -0.2) is 76.7 Å². The second-order valence-electron chi connectivity index (χ2n) is 8.20. The minimum atomic E-state index is -1.82. The van der Waals surface area contributed by atoms with Gasteiger partial charge in [-0.15, -0.1) is 0 Å². The molecular weight excluding hydrogens is 442 g/mol. The van der Waals surface area contributed by atoms with E-state index >= 15 is 0 Å². The molecule has 182 valence electrons. The van der Waals surface area contributed by atoms with Gasteiger partial charge in [-0.3, -0.25) is 0 Å². The van der Waals surface area contributed by atoms with E-state index < -0.39 is 49.6 Å². The highest BCUT2D eigenvalue weighted by Crippen LogP contribution is 2.44. The molecule has 3 rings (SSSR count). The number of benzene rings is 2. The standard InChI is InChI=1S/C25H29NO8/c1-14(2)24(31)33-13-21(28)23(30)22(29)20(27)11-26-25(32)34-12-19-17-9-5-3-7-15(17)16-8-4-6-10-18(16)19/h3-10,19-23,27-30H,1,11-13H2,2H3,(H,26,32). The quantitative estimate of drug-likeness (QED) is 0.256. The second-order valence-corrected chi connectivity index (χ2v) is 8.20. The third-order valence-electron chi connectivity index (χ3n) is 5.67. The first-order valence-corrected chi connectivity index (χ1v) is 10.8. The molecule has 0 heterocycles. The molecule has 5 N–H and O–H groups in total. The van der Waals surface area contributed by atoms with E-state index in [-0.39, 0.29) is 18.1 Å². The lowest BCUT2D eigenvalue weighted by Gasteiger charge is -2.26. The Labute approximate surface area is 197 Å². The second kappa shape index (κ2) is 11.3. The van der Waals surface area contributed by atoms with Gasteiger partial charge < -0.3 is 35.2 Å². The van der Waals surface area contributed by atoms with Crippen molar-refractivity contribution in [2.75, 3.05) is 19.8 Å². The molecule has 1 aliphatic carbocycles. The van der Waals surface area contributed by atoms with Crippen LogP contribution in [0, 0.1) is 0 Å². The molecular formula is C25H29NO8. The maximum absolute atomic E-state index is 12.2. The van der Waals surface area contributed by atoms with Crippen molar-refractivity contribution < 1.29 is 39.5 Å². The SMILES string of the molecule is C=C(C)C(=O)OCC(O)C(O)C(O)C(O)CNC(=O)OCC1c2ccccc2-c2ccccc21. The van der Waals surface area contributed by atoms with Gasteiger partial charge in [-0.25, -0.2) is 9.59 Å². The number of amides is 1. The van der Waals surface area contributed by atoms with Gasteiger partial charge in [-0.2, -0.15) is 0 Å². The molecule has 0 spiro atoms. The van der Waals surface area contributed by atoms with Crippen molar-refractivity contribution in [3.63, 3.8) is 0 Å². The maximum atomic E-state index is 12.2. The number of hydrogen-bond donors (Lipinski definition) is 5. The lowest BCUT2D eigenvalue weighted by Crippen LogP contribution is -2.50. The van der Waals surface area contributed by atoms with Crippen LogP contribution in [-0.2, 0) is 14.3 Å². The summed E-state index contributed by atoms with van der Waals surface area (Å²) >= 11 is 0. The van der Waals surface area contributed by atoms with E-state index in [0.29, 0.717) is 0 Å². The van der Waals surface area contributed by atoms with Crippen LogP contribution < -0.4 is 5.32 Å². The van der Waals surface area contributed by atoms with Gasteiger partial charge in [0.25, 0.3) is 0 Å². The lowest BCUT2D eigenvalue weighted by molar-refractivity contribution is -0.150. The van der Waals surface area contributed by atoms with Gasteiger partial charge in [0, 0.05) is 18.0 Å². The Morgan fingerprint density at radius 1 is 0.912 bits per heavy atom. The molecule has 0 fully saturated rings. The number of ether oxygens (including phenoxy) is 2. The Balaban J connectivity index is 1.48. The molecule has 9 nitrogen and oxygen atoms in total. The van der Waals surface area contributed by atoms with Crippen molar-refractivity contribution in [2.24, 2.45) is 0 Å².